The van der Waals surface area contributed by atoms with Gasteiger partial charge < -0.3 is 29.3 Å². The highest BCUT2D eigenvalue weighted by Crippen LogP contribution is 2.40. The Labute approximate surface area is 232 Å². The summed E-state index contributed by atoms with van der Waals surface area (Å²) in [4.78, 5) is 26.7. The number of hydrogen-bond donors (Lipinski definition) is 1. The van der Waals surface area contributed by atoms with Crippen molar-refractivity contribution in [3.63, 3.8) is 0 Å². The van der Waals surface area contributed by atoms with Crippen molar-refractivity contribution in [3.05, 3.63) is 58.4 Å². The number of nitrogens with one attached hydrogen (secondary N) is 1. The number of nitrogens with zero attached hydrogens (tertiary/aromatic N) is 8. The zero-order valence-electron chi connectivity index (χ0n) is 23.2. The molecule has 0 aliphatic carbocycles. The maximum atomic E-state index is 12.0. The van der Waals surface area contributed by atoms with Crippen LogP contribution < -0.4 is 19.9 Å². The van der Waals surface area contributed by atoms with Crippen LogP contribution in [0.5, 0.6) is 5.75 Å². The van der Waals surface area contributed by atoms with Gasteiger partial charge in [0.2, 0.25) is 5.95 Å². The number of nitriles is 1. The van der Waals surface area contributed by atoms with Gasteiger partial charge in [0.25, 0.3) is 5.69 Å². The lowest BCUT2D eigenvalue weighted by Crippen LogP contribution is -2.28. The number of hydrogen-bond acceptors (Lipinski definition) is 10. The van der Waals surface area contributed by atoms with E-state index in [1.165, 1.54) is 19.4 Å². The van der Waals surface area contributed by atoms with Gasteiger partial charge in [-0.25, -0.2) is 9.97 Å². The van der Waals surface area contributed by atoms with Gasteiger partial charge in [0, 0.05) is 69.6 Å². The zero-order chi connectivity index (χ0) is 28.6. The molecule has 0 unspecified atom stereocenters. The minimum Gasteiger partial charge on any atom is -0.494 e. The fourth-order valence-electron chi connectivity index (χ4n) is 4.99. The van der Waals surface area contributed by atoms with E-state index in [1.54, 1.807) is 6.07 Å². The molecule has 5 rings (SSSR count). The molecule has 4 aromatic rings. The average Bonchev–Trinajstić information content (AvgIpc) is 3.33. The van der Waals surface area contributed by atoms with Crippen LogP contribution in [0.25, 0.3) is 22.2 Å². The molecule has 40 heavy (non-hydrogen) atoms. The first-order valence-corrected chi connectivity index (χ1v) is 12.8. The molecule has 0 spiro atoms. The van der Waals surface area contributed by atoms with E-state index >= 15 is 0 Å². The van der Waals surface area contributed by atoms with Gasteiger partial charge in [0.05, 0.1) is 46.4 Å². The Kier molecular flexibility index (Phi) is 7.15. The second kappa shape index (κ2) is 10.7. The van der Waals surface area contributed by atoms with Gasteiger partial charge >= 0.3 is 0 Å². The Bertz CT molecular complexity index is 1640. The molecule has 0 fully saturated rings. The van der Waals surface area contributed by atoms with Gasteiger partial charge in [-0.2, -0.15) is 5.26 Å². The van der Waals surface area contributed by atoms with E-state index in [0.717, 1.165) is 41.8 Å². The van der Waals surface area contributed by atoms with Crippen LogP contribution in [0.15, 0.2) is 42.7 Å². The summed E-state index contributed by atoms with van der Waals surface area (Å²) in [5.74, 6) is 0.598. The molecule has 1 N–H and O–H groups in total. The maximum absolute atomic E-state index is 12.0. The topological polar surface area (TPSA) is 129 Å². The third-order valence-electron chi connectivity index (χ3n) is 7.16. The van der Waals surface area contributed by atoms with E-state index in [4.69, 9.17) is 9.72 Å². The molecule has 0 bridgehead atoms. The molecule has 0 amide bonds. The van der Waals surface area contributed by atoms with Crippen LogP contribution in [-0.2, 0) is 6.54 Å². The van der Waals surface area contributed by atoms with Crippen molar-refractivity contribution < 1.29 is 9.66 Å². The molecule has 0 saturated heterocycles. The molecule has 0 atom stereocenters. The van der Waals surface area contributed by atoms with Gasteiger partial charge in [0.15, 0.2) is 0 Å². The summed E-state index contributed by atoms with van der Waals surface area (Å²) in [5, 5.41) is 26.0. The highest BCUT2D eigenvalue weighted by molar-refractivity contribution is 6.03. The molecule has 1 aliphatic rings. The average molecular weight is 542 g/mol. The summed E-state index contributed by atoms with van der Waals surface area (Å²) < 4.78 is 7.78. The summed E-state index contributed by atoms with van der Waals surface area (Å²) in [6, 6.07) is 11.4. The normalized spacial score (nSPS) is 12.5. The van der Waals surface area contributed by atoms with E-state index in [0.29, 0.717) is 34.9 Å². The Hall–Kier alpha value is -4.89. The van der Waals surface area contributed by atoms with Crippen LogP contribution in [0.3, 0.4) is 0 Å². The summed E-state index contributed by atoms with van der Waals surface area (Å²) >= 11 is 0. The summed E-state index contributed by atoms with van der Waals surface area (Å²) in [5.41, 5.74) is 4.57. The first-order chi connectivity index (χ1) is 19.2. The first-order valence-electron chi connectivity index (χ1n) is 12.8. The van der Waals surface area contributed by atoms with E-state index < -0.39 is 4.92 Å². The number of para-hydroxylation sites is 1. The molecular formula is C28H31N9O3. The number of nitro benzene ring substituents is 1. The minimum atomic E-state index is -0.415. The summed E-state index contributed by atoms with van der Waals surface area (Å²) in [6.45, 7) is 3.02. The van der Waals surface area contributed by atoms with Crippen LogP contribution in [0, 0.1) is 21.4 Å². The number of likely N-dealkylation sites (N-methyl/N-ethyl adjacent to an activating group) is 3. The minimum absolute atomic E-state index is 0.0727. The van der Waals surface area contributed by atoms with Crippen molar-refractivity contribution in [1.82, 2.24) is 19.4 Å². The first kappa shape index (κ1) is 26.7. The SMILES string of the molecule is COc1cc(N(C)CCN(C)C)c([N+](=O)[O-])cc1Nc1ncc(C#N)c(-c2cn3c4c(cccc24)N(C)CC3)n1. The fraction of sp³-hybridized carbons (Fsp3) is 0.321. The number of benzene rings is 2. The number of anilines is 4. The third kappa shape index (κ3) is 4.83. The second-order valence-electron chi connectivity index (χ2n) is 10.0. The number of aromatic nitrogens is 3. The molecule has 2 aromatic heterocycles. The standard InChI is InChI=1S/C28H31N9O3/c1-33(2)9-10-35(4)23-14-25(40-5)21(13-24(23)37(38)39)31-28-30-16-18(15-29)26(32-28)20-17-36-12-11-34(3)22-8-6-7-19(20)27(22)36/h6-8,13-14,16-17H,9-12H2,1-5H3,(H,30,31,32). The molecule has 206 valence electrons. The molecule has 0 radical (unpaired) electrons. The van der Waals surface area contributed by atoms with Crippen molar-refractivity contribution >= 4 is 39.6 Å². The monoisotopic (exact) mass is 541 g/mol. The van der Waals surface area contributed by atoms with Gasteiger partial charge in [-0.15, -0.1) is 0 Å². The quantitative estimate of drug-likeness (QED) is 0.244. The molecule has 12 heteroatoms. The Morgan fingerprint density at radius 2 is 2.02 bits per heavy atom. The third-order valence-corrected chi connectivity index (χ3v) is 7.16. The maximum Gasteiger partial charge on any atom is 0.294 e. The molecule has 12 nitrogen and oxygen atoms in total. The molecule has 0 saturated carbocycles. The Morgan fingerprint density at radius 1 is 1.23 bits per heavy atom. The van der Waals surface area contributed by atoms with E-state index in [1.807, 2.05) is 49.3 Å². The number of rotatable bonds is 9. The largest absolute Gasteiger partial charge is 0.494 e. The highest BCUT2D eigenvalue weighted by Gasteiger charge is 2.24. The summed E-state index contributed by atoms with van der Waals surface area (Å²) in [6.07, 6.45) is 3.49. The predicted molar refractivity (Wildman–Crippen MR) is 156 cm³/mol. The lowest BCUT2D eigenvalue weighted by Gasteiger charge is -2.26. The van der Waals surface area contributed by atoms with Crippen molar-refractivity contribution in [3.8, 4) is 23.1 Å². The lowest BCUT2D eigenvalue weighted by molar-refractivity contribution is -0.384. The second-order valence-corrected chi connectivity index (χ2v) is 10.0. The number of ether oxygens (including phenoxy) is 1. The van der Waals surface area contributed by atoms with Gasteiger partial charge in [0.1, 0.15) is 17.5 Å². The smallest absolute Gasteiger partial charge is 0.294 e. The van der Waals surface area contributed by atoms with Crippen LogP contribution in [0.2, 0.25) is 0 Å². The van der Waals surface area contributed by atoms with Crippen molar-refractivity contribution in [1.29, 1.82) is 5.26 Å². The van der Waals surface area contributed by atoms with E-state index in [9.17, 15) is 15.4 Å². The predicted octanol–water partition coefficient (Wildman–Crippen LogP) is 4.08. The van der Waals surface area contributed by atoms with Crippen LogP contribution in [0.1, 0.15) is 5.56 Å². The Balaban J connectivity index is 1.56. The molecule has 2 aromatic carbocycles. The van der Waals surface area contributed by atoms with E-state index in [2.05, 4.69) is 39.0 Å². The Morgan fingerprint density at radius 3 is 2.73 bits per heavy atom. The van der Waals surface area contributed by atoms with Gasteiger partial charge in [-0.1, -0.05) is 12.1 Å². The van der Waals surface area contributed by atoms with Crippen molar-refractivity contribution in [2.24, 2.45) is 0 Å². The molecular weight excluding hydrogens is 510 g/mol. The van der Waals surface area contributed by atoms with Crippen LogP contribution in [0.4, 0.5) is 28.7 Å². The van der Waals surface area contributed by atoms with E-state index in [-0.39, 0.29) is 11.6 Å². The van der Waals surface area contributed by atoms with Gasteiger partial charge in [-0.3, -0.25) is 10.1 Å². The van der Waals surface area contributed by atoms with Crippen molar-refractivity contribution in [2.75, 3.05) is 70.1 Å². The van der Waals surface area contributed by atoms with Crippen LogP contribution in [-0.4, -0.2) is 79.3 Å². The number of methoxy groups -OCH3 is 1. The van der Waals surface area contributed by atoms with Gasteiger partial charge in [-0.05, 0) is 20.2 Å². The highest BCUT2D eigenvalue weighted by atomic mass is 16.6. The number of nitro groups is 1. The molecule has 1 aliphatic heterocycles. The lowest BCUT2D eigenvalue weighted by atomic mass is 10.1. The van der Waals surface area contributed by atoms with Crippen molar-refractivity contribution in [2.45, 2.75) is 6.54 Å². The molecule has 3 heterocycles. The van der Waals surface area contributed by atoms with Crippen LogP contribution >= 0.6 is 0 Å². The zero-order valence-corrected chi connectivity index (χ0v) is 23.2. The fourth-order valence-corrected chi connectivity index (χ4v) is 4.99. The summed E-state index contributed by atoms with van der Waals surface area (Å²) in [7, 11) is 9.28.